The number of carboxylic acid groups (broad SMARTS) is 3. The van der Waals surface area contributed by atoms with Crippen LogP contribution in [0.5, 0.6) is 0 Å². The summed E-state index contributed by atoms with van der Waals surface area (Å²) in [5.41, 5.74) is 6.15. The van der Waals surface area contributed by atoms with Crippen LogP contribution in [-0.2, 0) is 35.2 Å². The van der Waals surface area contributed by atoms with Crippen LogP contribution in [0.1, 0.15) is 38.3 Å². The molecule has 1 aromatic rings. The largest absolute Gasteiger partial charge is 0.481 e. The number of aromatic amines is 1. The molecule has 34 heavy (non-hydrogen) atoms. The first-order valence-electron chi connectivity index (χ1n) is 10.2. The molecule has 15 heteroatoms. The lowest BCUT2D eigenvalue weighted by molar-refractivity contribution is -0.143. The number of hydrogen-bond donors (Lipinski definition) is 8. The maximum atomic E-state index is 12.8. The van der Waals surface area contributed by atoms with Gasteiger partial charge in [-0.25, -0.2) is 9.78 Å². The molecule has 0 saturated carbocycles. The Balaban J connectivity index is 2.82. The van der Waals surface area contributed by atoms with Gasteiger partial charge in [0.1, 0.15) is 18.1 Å². The molecule has 0 bridgehead atoms. The number of nitrogens with two attached hydrogens (primary N) is 1. The number of rotatable bonds is 15. The number of carbonyl (C=O) groups excluding carboxylic acids is 3. The van der Waals surface area contributed by atoms with Gasteiger partial charge in [-0.05, 0) is 19.8 Å². The molecule has 0 radical (unpaired) electrons. The van der Waals surface area contributed by atoms with Gasteiger partial charge in [0.2, 0.25) is 17.7 Å². The van der Waals surface area contributed by atoms with Crippen molar-refractivity contribution in [2.45, 2.75) is 63.2 Å². The van der Waals surface area contributed by atoms with E-state index in [2.05, 4.69) is 25.9 Å². The fourth-order valence-corrected chi connectivity index (χ4v) is 2.72. The molecule has 1 heterocycles. The minimum atomic E-state index is -1.48. The lowest BCUT2D eigenvalue weighted by Gasteiger charge is -2.23. The molecule has 0 spiro atoms. The summed E-state index contributed by atoms with van der Waals surface area (Å²) in [6.07, 6.45) is 1.34. The first-order valence-corrected chi connectivity index (χ1v) is 10.2. The van der Waals surface area contributed by atoms with Crippen molar-refractivity contribution in [2.24, 2.45) is 5.73 Å². The lowest BCUT2D eigenvalue weighted by atomic mass is 10.1. The smallest absolute Gasteiger partial charge is 0.326 e. The molecule has 4 unspecified atom stereocenters. The zero-order valence-electron chi connectivity index (χ0n) is 18.3. The highest BCUT2D eigenvalue weighted by Crippen LogP contribution is 2.03. The van der Waals surface area contributed by atoms with E-state index < -0.39 is 66.2 Å². The summed E-state index contributed by atoms with van der Waals surface area (Å²) in [5, 5.41) is 33.5. The summed E-state index contributed by atoms with van der Waals surface area (Å²) in [6.45, 7) is 1.27. The Morgan fingerprint density at radius 1 is 0.912 bits per heavy atom. The summed E-state index contributed by atoms with van der Waals surface area (Å²) in [6, 6.07) is -5.13. The van der Waals surface area contributed by atoms with E-state index in [9.17, 15) is 28.8 Å². The molecule has 4 atom stereocenters. The van der Waals surface area contributed by atoms with Crippen molar-refractivity contribution < 1.29 is 44.1 Å². The second kappa shape index (κ2) is 13.5. The van der Waals surface area contributed by atoms with E-state index in [1.165, 1.54) is 19.4 Å². The number of carboxylic acids is 3. The molecular formula is C19H28N6O9. The van der Waals surface area contributed by atoms with E-state index in [0.29, 0.717) is 5.69 Å². The van der Waals surface area contributed by atoms with Crippen molar-refractivity contribution in [3.63, 3.8) is 0 Å². The van der Waals surface area contributed by atoms with E-state index in [-0.39, 0.29) is 25.7 Å². The molecule has 0 aliphatic heterocycles. The van der Waals surface area contributed by atoms with Crippen LogP contribution < -0.4 is 21.7 Å². The molecule has 1 rings (SSSR count). The molecule has 3 amide bonds. The Morgan fingerprint density at radius 2 is 1.50 bits per heavy atom. The molecule has 188 valence electrons. The summed E-state index contributed by atoms with van der Waals surface area (Å²) < 4.78 is 0. The highest BCUT2D eigenvalue weighted by atomic mass is 16.4. The van der Waals surface area contributed by atoms with E-state index in [0.717, 1.165) is 0 Å². The predicted molar refractivity (Wildman–Crippen MR) is 113 cm³/mol. The number of hydrogen-bond acceptors (Lipinski definition) is 8. The molecule has 0 aliphatic rings. The minimum Gasteiger partial charge on any atom is -0.481 e. The van der Waals surface area contributed by atoms with Gasteiger partial charge in [0.05, 0.1) is 12.4 Å². The minimum absolute atomic E-state index is 0.0616. The molecule has 0 aromatic carbocycles. The predicted octanol–water partition coefficient (Wildman–Crippen LogP) is -2.43. The second-order valence-corrected chi connectivity index (χ2v) is 7.44. The van der Waals surface area contributed by atoms with Crippen LogP contribution >= 0.6 is 0 Å². The first kappa shape index (κ1) is 28.0. The average molecular weight is 484 g/mol. The van der Waals surface area contributed by atoms with Gasteiger partial charge in [-0.3, -0.25) is 24.0 Å². The van der Waals surface area contributed by atoms with Gasteiger partial charge in [-0.1, -0.05) is 0 Å². The number of aromatic nitrogens is 2. The van der Waals surface area contributed by atoms with Gasteiger partial charge < -0.3 is 42.0 Å². The fourth-order valence-electron chi connectivity index (χ4n) is 2.72. The third-order valence-electron chi connectivity index (χ3n) is 4.63. The Hall–Kier alpha value is -4.01. The maximum Gasteiger partial charge on any atom is 0.326 e. The summed E-state index contributed by atoms with van der Waals surface area (Å²) in [7, 11) is 0. The van der Waals surface area contributed by atoms with Gasteiger partial charge in [-0.15, -0.1) is 0 Å². The molecule has 1 aromatic heterocycles. The molecule has 0 fully saturated rings. The normalized spacial score (nSPS) is 14.2. The molecule has 9 N–H and O–H groups in total. The van der Waals surface area contributed by atoms with Crippen molar-refractivity contribution in [1.82, 2.24) is 25.9 Å². The van der Waals surface area contributed by atoms with Crippen LogP contribution in [0, 0.1) is 0 Å². The average Bonchev–Trinajstić information content (AvgIpc) is 3.26. The van der Waals surface area contributed by atoms with Crippen molar-refractivity contribution in [3.05, 3.63) is 18.2 Å². The number of nitrogens with zero attached hydrogens (tertiary/aromatic N) is 1. The maximum absolute atomic E-state index is 12.8. The van der Waals surface area contributed by atoms with Gasteiger partial charge in [0.25, 0.3) is 0 Å². The Morgan fingerprint density at radius 3 is 2.03 bits per heavy atom. The van der Waals surface area contributed by atoms with Crippen LogP contribution in [0.4, 0.5) is 0 Å². The molecule has 0 saturated heterocycles. The Kier molecular flexibility index (Phi) is 11.1. The Labute approximate surface area is 193 Å². The van der Waals surface area contributed by atoms with Crippen molar-refractivity contribution >= 4 is 35.6 Å². The third-order valence-corrected chi connectivity index (χ3v) is 4.63. The fraction of sp³-hybridized carbons (Fsp3) is 0.526. The summed E-state index contributed by atoms with van der Waals surface area (Å²) >= 11 is 0. The highest BCUT2D eigenvalue weighted by molar-refractivity contribution is 5.94. The van der Waals surface area contributed by atoms with E-state index in [1.807, 2.05) is 0 Å². The zero-order valence-corrected chi connectivity index (χ0v) is 18.3. The van der Waals surface area contributed by atoms with E-state index >= 15 is 0 Å². The monoisotopic (exact) mass is 484 g/mol. The summed E-state index contributed by atoms with van der Waals surface area (Å²) in [5.74, 6) is -6.27. The van der Waals surface area contributed by atoms with Gasteiger partial charge in [0, 0.05) is 31.2 Å². The lowest BCUT2D eigenvalue weighted by Crippen LogP contribution is -2.57. The highest BCUT2D eigenvalue weighted by Gasteiger charge is 2.29. The number of aliphatic carboxylic acids is 3. The van der Waals surface area contributed by atoms with E-state index in [1.54, 1.807) is 0 Å². The van der Waals surface area contributed by atoms with Crippen LogP contribution in [-0.4, -0.2) is 85.1 Å². The van der Waals surface area contributed by atoms with Crippen LogP contribution in [0.3, 0.4) is 0 Å². The van der Waals surface area contributed by atoms with Crippen molar-refractivity contribution in [3.8, 4) is 0 Å². The van der Waals surface area contributed by atoms with Crippen LogP contribution in [0.15, 0.2) is 12.5 Å². The standard InChI is InChI=1S/C19H28N6O9/c1-9(16(30)24-12(19(33)34)3-5-15(28)29)23-18(32)13(6-10-7-21-8-22-10)25-17(31)11(20)2-4-14(26)27/h7-9,11-13H,2-6,20H2,1H3,(H,21,22)(H,23,32)(H,24,30)(H,25,31)(H,26,27)(H,28,29)(H,33,34). The molecule has 15 nitrogen and oxygen atoms in total. The van der Waals surface area contributed by atoms with Crippen LogP contribution in [0.2, 0.25) is 0 Å². The Bertz CT molecular complexity index is 889. The first-order chi connectivity index (χ1) is 15.9. The second-order valence-electron chi connectivity index (χ2n) is 7.44. The van der Waals surface area contributed by atoms with Crippen molar-refractivity contribution in [2.75, 3.05) is 0 Å². The van der Waals surface area contributed by atoms with E-state index in [4.69, 9.17) is 21.1 Å². The molecule has 0 aliphatic carbocycles. The zero-order chi connectivity index (χ0) is 25.8. The number of imidazole rings is 1. The van der Waals surface area contributed by atoms with Crippen LogP contribution in [0.25, 0.3) is 0 Å². The quantitative estimate of drug-likeness (QED) is 0.130. The number of H-pyrrole nitrogens is 1. The van der Waals surface area contributed by atoms with Crippen molar-refractivity contribution in [1.29, 1.82) is 0 Å². The van der Waals surface area contributed by atoms with Gasteiger partial charge in [0.15, 0.2) is 0 Å². The number of amides is 3. The number of carbonyl (C=O) groups is 6. The third kappa shape index (κ3) is 10.1. The van der Waals surface area contributed by atoms with Gasteiger partial charge in [-0.2, -0.15) is 0 Å². The number of nitrogens with one attached hydrogen (secondary N) is 4. The topological polar surface area (TPSA) is 254 Å². The SMILES string of the molecule is CC(NC(=O)C(Cc1cnc[nH]1)NC(=O)C(N)CCC(=O)O)C(=O)NC(CCC(=O)O)C(=O)O. The summed E-state index contributed by atoms with van der Waals surface area (Å²) in [4.78, 5) is 76.6. The molecular weight excluding hydrogens is 456 g/mol. The van der Waals surface area contributed by atoms with Gasteiger partial charge >= 0.3 is 17.9 Å².